The first-order valence-electron chi connectivity index (χ1n) is 4.62. The minimum atomic E-state index is 0.0339. The van der Waals surface area contributed by atoms with Gasteiger partial charge in [-0.2, -0.15) is 0 Å². The second-order valence-electron chi connectivity index (χ2n) is 3.77. The maximum absolute atomic E-state index is 11.2. The molecule has 3 atom stereocenters. The lowest BCUT2D eigenvalue weighted by atomic mass is 9.81. The Morgan fingerprint density at radius 1 is 1.58 bits per heavy atom. The van der Waals surface area contributed by atoms with Crippen LogP contribution < -0.4 is 0 Å². The van der Waals surface area contributed by atoms with Gasteiger partial charge >= 0.3 is 5.97 Å². The molecule has 66 valence electrons. The lowest BCUT2D eigenvalue weighted by molar-refractivity contribution is -0.144. The first-order chi connectivity index (χ1) is 5.81. The van der Waals surface area contributed by atoms with Gasteiger partial charge < -0.3 is 4.74 Å². The molecule has 1 heterocycles. The molecule has 0 aromatic heterocycles. The third kappa shape index (κ3) is 1.15. The maximum Gasteiger partial charge on any atom is 0.309 e. The van der Waals surface area contributed by atoms with Crippen LogP contribution in [0.4, 0.5) is 0 Å². The minimum Gasteiger partial charge on any atom is -0.462 e. The van der Waals surface area contributed by atoms with Crippen molar-refractivity contribution in [1.29, 1.82) is 0 Å². The van der Waals surface area contributed by atoms with E-state index in [1.54, 1.807) is 0 Å². The van der Waals surface area contributed by atoms with E-state index in [4.69, 9.17) is 4.74 Å². The summed E-state index contributed by atoms with van der Waals surface area (Å²) in [6, 6.07) is 0. The Bertz CT molecular complexity index is 210. The Kier molecular flexibility index (Phi) is 1.91. The van der Waals surface area contributed by atoms with Gasteiger partial charge in [-0.1, -0.05) is 6.08 Å². The van der Waals surface area contributed by atoms with Gasteiger partial charge in [0, 0.05) is 0 Å². The van der Waals surface area contributed by atoms with E-state index in [2.05, 4.69) is 6.58 Å². The summed E-state index contributed by atoms with van der Waals surface area (Å²) in [4.78, 5) is 11.2. The van der Waals surface area contributed by atoms with Crippen molar-refractivity contribution in [3.8, 4) is 0 Å². The van der Waals surface area contributed by atoms with Gasteiger partial charge in [-0.25, -0.2) is 0 Å². The van der Waals surface area contributed by atoms with Crippen LogP contribution in [0, 0.1) is 11.8 Å². The SMILES string of the molecule is C=CCC1CCC2CC1OC2=O. The predicted octanol–water partition coefficient (Wildman–Crippen LogP) is 1.90. The van der Waals surface area contributed by atoms with Gasteiger partial charge in [-0.3, -0.25) is 4.79 Å². The molecule has 0 spiro atoms. The summed E-state index contributed by atoms with van der Waals surface area (Å²) in [6.45, 7) is 3.72. The molecule has 0 aromatic rings. The molecule has 12 heavy (non-hydrogen) atoms. The number of esters is 1. The van der Waals surface area contributed by atoms with E-state index in [0.717, 1.165) is 25.7 Å². The van der Waals surface area contributed by atoms with Crippen LogP contribution in [0.5, 0.6) is 0 Å². The van der Waals surface area contributed by atoms with Crippen LogP contribution in [0.25, 0.3) is 0 Å². The van der Waals surface area contributed by atoms with E-state index < -0.39 is 0 Å². The van der Waals surface area contributed by atoms with Crippen molar-refractivity contribution in [2.75, 3.05) is 0 Å². The molecule has 0 amide bonds. The average molecular weight is 166 g/mol. The quantitative estimate of drug-likeness (QED) is 0.462. The highest BCUT2D eigenvalue weighted by Gasteiger charge is 2.42. The number of fused-ring (bicyclic) bond motifs is 2. The summed E-state index contributed by atoms with van der Waals surface area (Å²) in [6.07, 6.45) is 6.23. The Hall–Kier alpha value is -0.790. The van der Waals surface area contributed by atoms with E-state index in [1.165, 1.54) is 0 Å². The van der Waals surface area contributed by atoms with Crippen molar-refractivity contribution < 1.29 is 9.53 Å². The standard InChI is InChI=1S/C10H14O2/c1-2-3-7-4-5-8-6-9(7)12-10(8)11/h2,7-9H,1,3-6H2. The lowest BCUT2D eigenvalue weighted by Gasteiger charge is -2.24. The molecule has 1 aliphatic heterocycles. The third-order valence-corrected chi connectivity index (χ3v) is 3.00. The number of allylic oxidation sites excluding steroid dienone is 1. The summed E-state index contributed by atoms with van der Waals surface area (Å²) < 4.78 is 5.26. The molecular weight excluding hydrogens is 152 g/mol. The third-order valence-electron chi connectivity index (χ3n) is 3.00. The van der Waals surface area contributed by atoms with Gasteiger partial charge in [-0.15, -0.1) is 6.58 Å². The zero-order valence-corrected chi connectivity index (χ0v) is 7.16. The van der Waals surface area contributed by atoms with Gasteiger partial charge in [0.2, 0.25) is 0 Å². The highest BCUT2D eigenvalue weighted by Crippen LogP contribution is 2.39. The summed E-state index contributed by atoms with van der Waals surface area (Å²) in [5, 5.41) is 0. The van der Waals surface area contributed by atoms with Crippen LogP contribution in [0.15, 0.2) is 12.7 Å². The van der Waals surface area contributed by atoms with Gasteiger partial charge in [0.05, 0.1) is 5.92 Å². The fraction of sp³-hybridized carbons (Fsp3) is 0.700. The van der Waals surface area contributed by atoms with Crippen LogP contribution in [-0.4, -0.2) is 12.1 Å². The summed E-state index contributed by atoms with van der Waals surface area (Å²) in [7, 11) is 0. The molecular formula is C10H14O2. The first-order valence-corrected chi connectivity index (χ1v) is 4.62. The van der Waals surface area contributed by atoms with E-state index in [0.29, 0.717) is 5.92 Å². The second kappa shape index (κ2) is 2.92. The van der Waals surface area contributed by atoms with Gasteiger partial charge in [0.1, 0.15) is 6.10 Å². The monoisotopic (exact) mass is 166 g/mol. The summed E-state index contributed by atoms with van der Waals surface area (Å²) in [5.74, 6) is 0.799. The van der Waals surface area contributed by atoms with Crippen LogP contribution in [-0.2, 0) is 9.53 Å². The van der Waals surface area contributed by atoms with Crippen LogP contribution in [0.3, 0.4) is 0 Å². The molecule has 0 N–H and O–H groups in total. The number of ether oxygens (including phenoxy) is 1. The maximum atomic E-state index is 11.2. The topological polar surface area (TPSA) is 26.3 Å². The van der Waals surface area contributed by atoms with E-state index >= 15 is 0 Å². The smallest absolute Gasteiger partial charge is 0.309 e. The Morgan fingerprint density at radius 2 is 2.42 bits per heavy atom. The molecule has 2 heteroatoms. The molecule has 1 saturated carbocycles. The number of hydrogen-bond donors (Lipinski definition) is 0. The largest absolute Gasteiger partial charge is 0.462 e. The van der Waals surface area contributed by atoms with Crippen molar-refractivity contribution in [1.82, 2.24) is 0 Å². The number of carbonyl (C=O) groups is 1. The fourth-order valence-corrected chi connectivity index (χ4v) is 2.28. The highest BCUT2D eigenvalue weighted by molar-refractivity contribution is 5.75. The van der Waals surface area contributed by atoms with Gasteiger partial charge in [-0.05, 0) is 31.6 Å². The molecule has 1 aliphatic carbocycles. The van der Waals surface area contributed by atoms with Gasteiger partial charge in [0.25, 0.3) is 0 Å². The van der Waals surface area contributed by atoms with Crippen LogP contribution in [0.1, 0.15) is 25.7 Å². The van der Waals surface area contributed by atoms with Crippen molar-refractivity contribution in [3.05, 3.63) is 12.7 Å². The van der Waals surface area contributed by atoms with Crippen LogP contribution >= 0.6 is 0 Å². The zero-order chi connectivity index (χ0) is 8.55. The van der Waals surface area contributed by atoms with Crippen molar-refractivity contribution in [3.63, 3.8) is 0 Å². The molecule has 2 rings (SSSR count). The molecule has 1 saturated heterocycles. The molecule has 2 aliphatic rings. The average Bonchev–Trinajstić information content (AvgIpc) is 2.35. The molecule has 2 fully saturated rings. The van der Waals surface area contributed by atoms with Crippen LogP contribution in [0.2, 0.25) is 0 Å². The van der Waals surface area contributed by atoms with E-state index in [-0.39, 0.29) is 18.0 Å². The summed E-state index contributed by atoms with van der Waals surface area (Å²) in [5.41, 5.74) is 0. The zero-order valence-electron chi connectivity index (χ0n) is 7.16. The van der Waals surface area contributed by atoms with Crippen molar-refractivity contribution >= 4 is 5.97 Å². The normalized spacial score (nSPS) is 39.3. The predicted molar refractivity (Wildman–Crippen MR) is 45.5 cm³/mol. The van der Waals surface area contributed by atoms with E-state index in [9.17, 15) is 4.79 Å². The second-order valence-corrected chi connectivity index (χ2v) is 3.77. The summed E-state index contributed by atoms with van der Waals surface area (Å²) >= 11 is 0. The number of rotatable bonds is 2. The Balaban J connectivity index is 2.03. The minimum absolute atomic E-state index is 0.0339. The molecule has 0 radical (unpaired) electrons. The molecule has 2 nitrogen and oxygen atoms in total. The Morgan fingerprint density at radius 3 is 3.17 bits per heavy atom. The highest BCUT2D eigenvalue weighted by atomic mass is 16.6. The molecule has 3 unspecified atom stereocenters. The van der Waals surface area contributed by atoms with E-state index in [1.807, 2.05) is 6.08 Å². The Labute approximate surface area is 72.6 Å². The first kappa shape index (κ1) is 7.84. The van der Waals surface area contributed by atoms with Crippen molar-refractivity contribution in [2.24, 2.45) is 11.8 Å². The molecule has 0 aromatic carbocycles. The fourth-order valence-electron chi connectivity index (χ4n) is 2.28. The van der Waals surface area contributed by atoms with Crippen molar-refractivity contribution in [2.45, 2.75) is 31.8 Å². The number of hydrogen-bond acceptors (Lipinski definition) is 2. The number of carbonyl (C=O) groups excluding carboxylic acids is 1. The molecule has 2 bridgehead atoms. The van der Waals surface area contributed by atoms with Gasteiger partial charge in [0.15, 0.2) is 0 Å². The lowest BCUT2D eigenvalue weighted by Crippen LogP contribution is -2.22.